The van der Waals surface area contributed by atoms with Crippen molar-refractivity contribution in [2.45, 2.75) is 31.7 Å². The highest BCUT2D eigenvalue weighted by Crippen LogP contribution is 2.27. The van der Waals surface area contributed by atoms with Crippen LogP contribution >= 0.6 is 11.6 Å². The maximum atomic E-state index is 12.5. The van der Waals surface area contributed by atoms with Crippen LogP contribution in [0.2, 0.25) is 5.02 Å². The zero-order chi connectivity index (χ0) is 16.9. The van der Waals surface area contributed by atoms with Crippen molar-refractivity contribution in [1.82, 2.24) is 14.9 Å². The van der Waals surface area contributed by atoms with E-state index < -0.39 is 0 Å². The molecule has 0 aliphatic carbocycles. The van der Waals surface area contributed by atoms with Gasteiger partial charge in [0.2, 0.25) is 5.91 Å². The minimum absolute atomic E-state index is 0.0415. The van der Waals surface area contributed by atoms with Crippen molar-refractivity contribution in [3.8, 4) is 0 Å². The Kier molecular flexibility index (Phi) is 5.43. The number of halogens is 1. The van der Waals surface area contributed by atoms with E-state index in [0.29, 0.717) is 16.8 Å². The van der Waals surface area contributed by atoms with Gasteiger partial charge in [0, 0.05) is 25.1 Å². The molecule has 3 rings (SSSR count). The molecule has 0 spiro atoms. The molecule has 2 aromatic heterocycles. The van der Waals surface area contributed by atoms with E-state index in [1.165, 1.54) is 11.8 Å². The number of nitrogens with zero attached hydrogens (tertiary/aromatic N) is 3. The number of piperidine rings is 1. The zero-order valence-electron chi connectivity index (χ0n) is 13.7. The fourth-order valence-electron chi connectivity index (χ4n) is 3.11. The van der Waals surface area contributed by atoms with Gasteiger partial charge in [0.1, 0.15) is 5.82 Å². The van der Waals surface area contributed by atoms with Crippen LogP contribution in [0.3, 0.4) is 0 Å². The van der Waals surface area contributed by atoms with Gasteiger partial charge in [-0.15, -0.1) is 0 Å². The van der Waals surface area contributed by atoms with E-state index in [4.69, 9.17) is 11.6 Å². The van der Waals surface area contributed by atoms with Crippen LogP contribution in [0.15, 0.2) is 42.9 Å². The molecular formula is C18H21ClN4O. The summed E-state index contributed by atoms with van der Waals surface area (Å²) in [5, 5.41) is 3.41. The van der Waals surface area contributed by atoms with E-state index in [1.807, 2.05) is 19.3 Å². The molecule has 0 unspecified atom stereocenters. The summed E-state index contributed by atoms with van der Waals surface area (Å²) in [4.78, 5) is 22.9. The van der Waals surface area contributed by atoms with Crippen molar-refractivity contribution in [3.05, 3.63) is 53.4 Å². The number of nitrogens with one attached hydrogen (secondary N) is 1. The minimum Gasteiger partial charge on any atom is -0.309 e. The highest BCUT2D eigenvalue weighted by molar-refractivity contribution is 6.30. The lowest BCUT2D eigenvalue weighted by Gasteiger charge is -2.36. The van der Waals surface area contributed by atoms with Crippen LogP contribution in [0.4, 0.5) is 5.82 Å². The molecule has 3 heterocycles. The lowest BCUT2D eigenvalue weighted by Crippen LogP contribution is -2.46. The minimum atomic E-state index is -0.202. The average Bonchev–Trinajstić information content (AvgIpc) is 2.64. The maximum absolute atomic E-state index is 12.5. The van der Waals surface area contributed by atoms with Crippen molar-refractivity contribution in [2.24, 2.45) is 0 Å². The van der Waals surface area contributed by atoms with E-state index in [2.05, 4.69) is 32.3 Å². The molecule has 1 aliphatic heterocycles. The fraction of sp³-hybridized carbons (Fsp3) is 0.389. The first kappa shape index (κ1) is 16.9. The van der Waals surface area contributed by atoms with Crippen molar-refractivity contribution in [1.29, 1.82) is 0 Å². The molecule has 5 nitrogen and oxygen atoms in total. The molecule has 2 aromatic rings. The zero-order valence-corrected chi connectivity index (χ0v) is 14.4. The van der Waals surface area contributed by atoms with E-state index >= 15 is 0 Å². The molecule has 126 valence electrons. The second-order valence-electron chi connectivity index (χ2n) is 6.14. The van der Waals surface area contributed by atoms with Gasteiger partial charge in [0.25, 0.3) is 0 Å². The molecule has 0 aromatic carbocycles. The highest BCUT2D eigenvalue weighted by atomic mass is 35.5. The van der Waals surface area contributed by atoms with Gasteiger partial charge in [0.15, 0.2) is 0 Å². The second-order valence-corrected chi connectivity index (χ2v) is 6.58. The third-order valence-electron chi connectivity index (χ3n) is 4.54. The Hall–Kier alpha value is -1.98. The Balaban J connectivity index is 1.62. The average molecular weight is 345 g/mol. The summed E-state index contributed by atoms with van der Waals surface area (Å²) in [6.45, 7) is 3.76. The number of hydrogen-bond donors (Lipinski definition) is 1. The van der Waals surface area contributed by atoms with E-state index in [1.54, 1.807) is 12.1 Å². The van der Waals surface area contributed by atoms with Crippen LogP contribution in [0.1, 0.15) is 31.2 Å². The SMILES string of the molecule is C[C@@H](C(=O)Nc1ccc(Cl)cn1)N1CCC[C@@H](c2ccncc2)C1. The monoisotopic (exact) mass is 344 g/mol. The number of amides is 1. The normalized spacial score (nSPS) is 19.7. The number of hydrogen-bond acceptors (Lipinski definition) is 4. The largest absolute Gasteiger partial charge is 0.309 e. The lowest BCUT2D eigenvalue weighted by molar-refractivity contribution is -0.121. The summed E-state index contributed by atoms with van der Waals surface area (Å²) in [6.07, 6.45) is 7.42. The summed E-state index contributed by atoms with van der Waals surface area (Å²) in [6, 6.07) is 7.36. The molecule has 2 atom stereocenters. The fourth-order valence-corrected chi connectivity index (χ4v) is 3.22. The van der Waals surface area contributed by atoms with Gasteiger partial charge in [-0.3, -0.25) is 14.7 Å². The number of anilines is 1. The quantitative estimate of drug-likeness (QED) is 0.924. The van der Waals surface area contributed by atoms with Crippen LogP contribution in [0, 0.1) is 0 Å². The number of likely N-dealkylation sites (tertiary alicyclic amines) is 1. The van der Waals surface area contributed by atoms with Gasteiger partial charge in [-0.1, -0.05) is 11.6 Å². The Bertz CT molecular complexity index is 677. The Morgan fingerprint density at radius 3 is 2.83 bits per heavy atom. The predicted octanol–water partition coefficient (Wildman–Crippen LogP) is 3.34. The summed E-state index contributed by atoms with van der Waals surface area (Å²) in [5.41, 5.74) is 1.29. The molecule has 6 heteroatoms. The molecule has 1 fully saturated rings. The lowest BCUT2D eigenvalue weighted by atomic mass is 9.90. The molecule has 1 N–H and O–H groups in total. The third kappa shape index (κ3) is 4.10. The van der Waals surface area contributed by atoms with Crippen molar-refractivity contribution < 1.29 is 4.79 Å². The van der Waals surface area contributed by atoms with Crippen molar-refractivity contribution >= 4 is 23.3 Å². The van der Waals surface area contributed by atoms with Crippen LogP contribution < -0.4 is 5.32 Å². The van der Waals surface area contributed by atoms with E-state index in [0.717, 1.165) is 25.9 Å². The number of carbonyl (C=O) groups excluding carboxylic acids is 1. The second kappa shape index (κ2) is 7.73. The highest BCUT2D eigenvalue weighted by Gasteiger charge is 2.28. The Labute approximate surface area is 147 Å². The molecule has 24 heavy (non-hydrogen) atoms. The predicted molar refractivity (Wildman–Crippen MR) is 95.1 cm³/mol. The summed E-state index contributed by atoms with van der Waals surface area (Å²) >= 11 is 5.82. The number of rotatable bonds is 4. The maximum Gasteiger partial charge on any atom is 0.242 e. The standard InChI is InChI=1S/C18H21ClN4O/c1-13(18(24)22-17-5-4-16(19)11-21-17)23-10-2-3-15(12-23)14-6-8-20-9-7-14/h4-9,11,13,15H,2-3,10,12H2,1H3,(H,21,22,24)/t13-,15+/m0/s1. The molecular weight excluding hydrogens is 324 g/mol. The topological polar surface area (TPSA) is 58.1 Å². The third-order valence-corrected chi connectivity index (χ3v) is 4.76. The Morgan fingerprint density at radius 2 is 2.12 bits per heavy atom. The smallest absolute Gasteiger partial charge is 0.242 e. The van der Waals surface area contributed by atoms with Gasteiger partial charge in [-0.2, -0.15) is 0 Å². The van der Waals surface area contributed by atoms with Crippen LogP contribution in [-0.2, 0) is 4.79 Å². The van der Waals surface area contributed by atoms with Crippen LogP contribution in [0.5, 0.6) is 0 Å². The number of carbonyl (C=O) groups is 1. The molecule has 0 radical (unpaired) electrons. The van der Waals surface area contributed by atoms with E-state index in [9.17, 15) is 4.79 Å². The van der Waals surface area contributed by atoms with Gasteiger partial charge in [-0.25, -0.2) is 4.98 Å². The van der Waals surface area contributed by atoms with Gasteiger partial charge in [0.05, 0.1) is 11.1 Å². The first-order valence-electron chi connectivity index (χ1n) is 8.20. The van der Waals surface area contributed by atoms with Gasteiger partial charge < -0.3 is 5.32 Å². The van der Waals surface area contributed by atoms with Gasteiger partial charge >= 0.3 is 0 Å². The first-order valence-corrected chi connectivity index (χ1v) is 8.57. The molecule has 0 bridgehead atoms. The molecule has 1 aliphatic rings. The molecule has 1 amide bonds. The molecule has 1 saturated heterocycles. The summed E-state index contributed by atoms with van der Waals surface area (Å²) in [5.74, 6) is 0.935. The van der Waals surface area contributed by atoms with E-state index in [-0.39, 0.29) is 11.9 Å². The number of aromatic nitrogens is 2. The summed E-state index contributed by atoms with van der Waals surface area (Å²) in [7, 11) is 0. The van der Waals surface area contributed by atoms with Crippen molar-refractivity contribution in [2.75, 3.05) is 18.4 Å². The van der Waals surface area contributed by atoms with Crippen LogP contribution in [0.25, 0.3) is 0 Å². The summed E-state index contributed by atoms with van der Waals surface area (Å²) < 4.78 is 0. The number of pyridine rings is 2. The van der Waals surface area contributed by atoms with Crippen molar-refractivity contribution in [3.63, 3.8) is 0 Å². The van der Waals surface area contributed by atoms with Gasteiger partial charge in [-0.05, 0) is 62.1 Å². The first-order chi connectivity index (χ1) is 11.6. The molecule has 0 saturated carbocycles. The Morgan fingerprint density at radius 1 is 1.33 bits per heavy atom. The van der Waals surface area contributed by atoms with Crippen LogP contribution in [-0.4, -0.2) is 39.9 Å².